The Labute approximate surface area is 149 Å². The number of rotatable bonds is 6. The van der Waals surface area contributed by atoms with Gasteiger partial charge in [-0.05, 0) is 38.5 Å². The van der Waals surface area contributed by atoms with Gasteiger partial charge in [-0.2, -0.15) is 0 Å². The highest BCUT2D eigenvalue weighted by molar-refractivity contribution is 9.09. The van der Waals surface area contributed by atoms with Crippen LogP contribution in [0.15, 0.2) is 24.3 Å². The molecule has 0 aromatic heterocycles. The van der Waals surface area contributed by atoms with Gasteiger partial charge in [0.15, 0.2) is 0 Å². The monoisotopic (exact) mass is 405 g/mol. The molecule has 1 rings (SSSR count). The largest absolute Gasteiger partial charge is 0.463 e. The van der Waals surface area contributed by atoms with Crippen molar-refractivity contribution in [2.75, 3.05) is 11.9 Å². The molecule has 0 radical (unpaired) electrons. The van der Waals surface area contributed by atoms with Crippen molar-refractivity contribution in [3.63, 3.8) is 0 Å². The molecular formula is C16H21BrClNO4. The van der Waals surface area contributed by atoms with Crippen LogP contribution in [0.25, 0.3) is 0 Å². The fraction of sp³-hybridized carbons (Fsp3) is 0.500. The van der Waals surface area contributed by atoms with E-state index in [0.717, 1.165) is 5.56 Å². The van der Waals surface area contributed by atoms with Gasteiger partial charge >= 0.3 is 12.1 Å². The normalized spacial score (nSPS) is 12.4. The minimum atomic E-state index is -0.829. The molecule has 23 heavy (non-hydrogen) atoms. The molecule has 1 aromatic rings. The van der Waals surface area contributed by atoms with E-state index in [-0.39, 0.29) is 13.0 Å². The van der Waals surface area contributed by atoms with E-state index < -0.39 is 23.7 Å². The number of halogens is 2. The Balaban J connectivity index is 2.77. The van der Waals surface area contributed by atoms with Crippen LogP contribution in [-0.2, 0) is 20.7 Å². The smallest absolute Gasteiger partial charge is 0.408 e. The van der Waals surface area contributed by atoms with Gasteiger partial charge in [0.25, 0.3) is 0 Å². The van der Waals surface area contributed by atoms with Gasteiger partial charge < -0.3 is 14.8 Å². The maximum absolute atomic E-state index is 12.1. The quantitative estimate of drug-likeness (QED) is 0.578. The van der Waals surface area contributed by atoms with Gasteiger partial charge in [0.2, 0.25) is 0 Å². The number of nitrogens with one attached hydrogen (secondary N) is 1. The summed E-state index contributed by atoms with van der Waals surface area (Å²) in [5, 5.41) is 3.69. The predicted octanol–water partition coefficient (Wildman–Crippen LogP) is 3.71. The van der Waals surface area contributed by atoms with Gasteiger partial charge in [-0.25, -0.2) is 9.59 Å². The molecule has 0 fully saturated rings. The van der Waals surface area contributed by atoms with Crippen LogP contribution in [0.5, 0.6) is 0 Å². The maximum atomic E-state index is 12.1. The van der Waals surface area contributed by atoms with Crippen molar-refractivity contribution in [3.05, 3.63) is 34.9 Å². The molecule has 1 aromatic carbocycles. The first-order valence-electron chi connectivity index (χ1n) is 7.18. The summed E-state index contributed by atoms with van der Waals surface area (Å²) in [6.07, 6.45) is -0.371. The molecule has 0 unspecified atom stereocenters. The third kappa shape index (κ3) is 8.23. The number of hydrogen-bond acceptors (Lipinski definition) is 4. The third-order valence-electron chi connectivity index (χ3n) is 2.65. The summed E-state index contributed by atoms with van der Waals surface area (Å²) in [4.78, 5) is 24.1. The van der Waals surface area contributed by atoms with E-state index in [1.807, 2.05) is 0 Å². The Bertz CT molecular complexity index is 528. The highest BCUT2D eigenvalue weighted by Crippen LogP contribution is 2.13. The van der Waals surface area contributed by atoms with Gasteiger partial charge in [-0.15, -0.1) is 0 Å². The molecule has 128 valence electrons. The summed E-state index contributed by atoms with van der Waals surface area (Å²) in [7, 11) is 0. The molecule has 1 atom stereocenters. The van der Waals surface area contributed by atoms with E-state index in [9.17, 15) is 9.59 Å². The van der Waals surface area contributed by atoms with Gasteiger partial charge in [0.05, 0.1) is 0 Å². The lowest BCUT2D eigenvalue weighted by Crippen LogP contribution is -2.45. The van der Waals surface area contributed by atoms with E-state index in [0.29, 0.717) is 10.4 Å². The van der Waals surface area contributed by atoms with Crippen molar-refractivity contribution >= 4 is 39.6 Å². The van der Waals surface area contributed by atoms with Crippen molar-refractivity contribution in [1.82, 2.24) is 5.32 Å². The molecule has 1 N–H and O–H groups in total. The average Bonchev–Trinajstić information content (AvgIpc) is 2.44. The molecule has 0 aliphatic heterocycles. The van der Waals surface area contributed by atoms with Crippen molar-refractivity contribution in [2.45, 2.75) is 38.8 Å². The number of carbonyl (C=O) groups is 2. The van der Waals surface area contributed by atoms with Crippen molar-refractivity contribution < 1.29 is 19.1 Å². The van der Waals surface area contributed by atoms with Crippen LogP contribution in [0.3, 0.4) is 0 Å². The Kier molecular flexibility index (Phi) is 7.85. The Hall–Kier alpha value is -1.27. The molecule has 0 saturated carbocycles. The fourth-order valence-electron chi connectivity index (χ4n) is 1.74. The predicted molar refractivity (Wildman–Crippen MR) is 93.1 cm³/mol. The Morgan fingerprint density at radius 3 is 2.39 bits per heavy atom. The van der Waals surface area contributed by atoms with Crippen molar-refractivity contribution in [3.8, 4) is 0 Å². The van der Waals surface area contributed by atoms with Crippen LogP contribution in [0.1, 0.15) is 26.3 Å². The minimum absolute atomic E-state index is 0.228. The number of alkyl carbamates (subject to hydrolysis) is 1. The molecule has 0 aliphatic carbocycles. The molecule has 7 heteroatoms. The van der Waals surface area contributed by atoms with E-state index in [1.54, 1.807) is 45.0 Å². The molecule has 1 amide bonds. The van der Waals surface area contributed by atoms with E-state index in [2.05, 4.69) is 21.2 Å². The van der Waals surface area contributed by atoms with E-state index >= 15 is 0 Å². The number of amides is 1. The second-order valence-electron chi connectivity index (χ2n) is 5.89. The standard InChI is InChI=1S/C16H21BrClNO4/c1-16(2,3)23-15(21)19-13(14(20)22-9-8-17)10-11-4-6-12(18)7-5-11/h4-7,13H,8-10H2,1-3H3,(H,19,21)/t13-/m1/s1. The van der Waals surface area contributed by atoms with Gasteiger partial charge in [-0.1, -0.05) is 39.7 Å². The minimum Gasteiger partial charge on any atom is -0.463 e. The third-order valence-corrected chi connectivity index (χ3v) is 3.23. The number of carbonyl (C=O) groups excluding carboxylic acids is 2. The van der Waals surface area contributed by atoms with E-state index in [4.69, 9.17) is 21.1 Å². The van der Waals surface area contributed by atoms with Crippen LogP contribution in [0.4, 0.5) is 4.79 Å². The number of ether oxygens (including phenoxy) is 2. The fourth-order valence-corrected chi connectivity index (χ4v) is 2.03. The van der Waals surface area contributed by atoms with Crippen LogP contribution < -0.4 is 5.32 Å². The summed E-state index contributed by atoms with van der Waals surface area (Å²) < 4.78 is 10.3. The van der Waals surface area contributed by atoms with Gasteiger partial charge in [0.1, 0.15) is 18.2 Å². The molecule has 0 bridgehead atoms. The Morgan fingerprint density at radius 1 is 1.26 bits per heavy atom. The summed E-state index contributed by atoms with van der Waals surface area (Å²) in [6.45, 7) is 5.49. The molecule has 0 saturated heterocycles. The first-order valence-corrected chi connectivity index (χ1v) is 8.68. The molecule has 0 heterocycles. The SMILES string of the molecule is CC(C)(C)OC(=O)N[C@H](Cc1ccc(Cl)cc1)C(=O)OCCBr. The summed E-state index contributed by atoms with van der Waals surface area (Å²) in [5.41, 5.74) is 0.209. The lowest BCUT2D eigenvalue weighted by molar-refractivity contribution is -0.145. The lowest BCUT2D eigenvalue weighted by atomic mass is 10.1. The molecule has 0 spiro atoms. The molecule has 5 nitrogen and oxygen atoms in total. The van der Waals surface area contributed by atoms with Gasteiger partial charge in [-0.3, -0.25) is 0 Å². The zero-order valence-electron chi connectivity index (χ0n) is 13.4. The number of benzene rings is 1. The van der Waals surface area contributed by atoms with Crippen LogP contribution >= 0.6 is 27.5 Å². The topological polar surface area (TPSA) is 64.6 Å². The summed E-state index contributed by atoms with van der Waals surface area (Å²) in [5.74, 6) is -0.509. The van der Waals surface area contributed by atoms with E-state index in [1.165, 1.54) is 0 Å². The first-order chi connectivity index (χ1) is 10.7. The number of hydrogen-bond donors (Lipinski definition) is 1. The first kappa shape index (κ1) is 19.8. The van der Waals surface area contributed by atoms with Gasteiger partial charge in [0, 0.05) is 16.8 Å². The summed E-state index contributed by atoms with van der Waals surface area (Å²) in [6, 6.07) is 6.22. The number of esters is 1. The average molecular weight is 407 g/mol. The second-order valence-corrected chi connectivity index (χ2v) is 7.12. The zero-order valence-corrected chi connectivity index (χ0v) is 15.7. The number of alkyl halides is 1. The molecular weight excluding hydrogens is 386 g/mol. The zero-order chi connectivity index (χ0) is 17.5. The lowest BCUT2D eigenvalue weighted by Gasteiger charge is -2.23. The Morgan fingerprint density at radius 2 is 1.87 bits per heavy atom. The highest BCUT2D eigenvalue weighted by Gasteiger charge is 2.25. The van der Waals surface area contributed by atoms with Crippen LogP contribution in [-0.4, -0.2) is 35.6 Å². The molecule has 0 aliphatic rings. The van der Waals surface area contributed by atoms with Crippen molar-refractivity contribution in [2.24, 2.45) is 0 Å². The van der Waals surface area contributed by atoms with Crippen LogP contribution in [0, 0.1) is 0 Å². The van der Waals surface area contributed by atoms with Crippen LogP contribution in [0.2, 0.25) is 5.02 Å². The second kappa shape index (κ2) is 9.13. The maximum Gasteiger partial charge on any atom is 0.408 e. The van der Waals surface area contributed by atoms with Crippen molar-refractivity contribution in [1.29, 1.82) is 0 Å². The summed E-state index contributed by atoms with van der Waals surface area (Å²) >= 11 is 9.04. The highest BCUT2D eigenvalue weighted by atomic mass is 79.9.